The van der Waals surface area contributed by atoms with E-state index in [1.807, 2.05) is 24.3 Å². The number of carbonyl (C=O) groups excluding carboxylic acids is 2. The van der Waals surface area contributed by atoms with Gasteiger partial charge in [0.25, 0.3) is 6.29 Å². The van der Waals surface area contributed by atoms with Gasteiger partial charge in [0.05, 0.1) is 14.2 Å². The van der Waals surface area contributed by atoms with Crippen LogP contribution < -0.4 is 18.9 Å². The van der Waals surface area contributed by atoms with Crippen LogP contribution in [0.25, 0.3) is 0 Å². The van der Waals surface area contributed by atoms with Crippen molar-refractivity contribution in [3.63, 3.8) is 0 Å². The smallest absolute Gasteiger partial charge is 0.268 e. The number of halogens is 1. The fraction of sp³-hybridized carbons (Fsp3) is 0.130. The molecule has 0 saturated carbocycles. The summed E-state index contributed by atoms with van der Waals surface area (Å²) in [5, 5.41) is 0. The van der Waals surface area contributed by atoms with E-state index in [4.69, 9.17) is 18.9 Å². The second-order valence-electron chi connectivity index (χ2n) is 6.18. The number of ether oxygens (including phenoxy) is 4. The zero-order valence-electron chi connectivity index (χ0n) is 16.3. The van der Waals surface area contributed by atoms with Crippen LogP contribution in [0.3, 0.4) is 0 Å². The molecule has 30 heavy (non-hydrogen) atoms. The first-order valence-electron chi connectivity index (χ1n) is 8.93. The largest absolute Gasteiger partial charge is 0.493 e. The third kappa shape index (κ3) is 4.99. The summed E-state index contributed by atoms with van der Waals surface area (Å²) in [4.78, 5) is 22.1. The predicted molar refractivity (Wildman–Crippen MR) is 115 cm³/mol. The average molecular weight is 471 g/mol. The van der Waals surface area contributed by atoms with Crippen molar-refractivity contribution in [3.8, 4) is 23.0 Å². The molecule has 0 aliphatic carbocycles. The summed E-state index contributed by atoms with van der Waals surface area (Å²) in [6.45, 7) is 0. The Morgan fingerprint density at radius 2 is 1.27 bits per heavy atom. The average Bonchev–Trinajstić information content (AvgIpc) is 2.78. The number of hydrogen-bond donors (Lipinski definition) is 0. The molecule has 3 aromatic carbocycles. The summed E-state index contributed by atoms with van der Waals surface area (Å²) in [6, 6.07) is 17.2. The van der Waals surface area contributed by atoms with Crippen molar-refractivity contribution < 1.29 is 28.5 Å². The fourth-order valence-electron chi connectivity index (χ4n) is 2.75. The molecule has 0 aromatic heterocycles. The Labute approximate surface area is 182 Å². The Morgan fingerprint density at radius 1 is 0.733 bits per heavy atom. The molecule has 0 bridgehead atoms. The first kappa shape index (κ1) is 21.4. The topological polar surface area (TPSA) is 71.1 Å². The van der Waals surface area contributed by atoms with E-state index in [0.717, 1.165) is 22.6 Å². The fourth-order valence-corrected chi connectivity index (χ4v) is 3.17. The Bertz CT molecular complexity index is 988. The third-order valence-electron chi connectivity index (χ3n) is 4.24. The highest BCUT2D eigenvalue weighted by Crippen LogP contribution is 2.36. The molecule has 0 unspecified atom stereocenters. The van der Waals surface area contributed by atoms with Gasteiger partial charge in [-0.25, -0.2) is 0 Å². The zero-order valence-corrected chi connectivity index (χ0v) is 17.9. The molecular weight excluding hydrogens is 452 g/mol. The van der Waals surface area contributed by atoms with Gasteiger partial charge in [-0.1, -0.05) is 28.1 Å². The molecule has 0 aliphatic heterocycles. The maximum absolute atomic E-state index is 11.1. The van der Waals surface area contributed by atoms with Gasteiger partial charge < -0.3 is 18.9 Å². The van der Waals surface area contributed by atoms with Crippen molar-refractivity contribution in [1.29, 1.82) is 0 Å². The van der Waals surface area contributed by atoms with Crippen LogP contribution in [0, 0.1) is 0 Å². The maximum atomic E-state index is 11.1. The molecule has 0 fully saturated rings. The van der Waals surface area contributed by atoms with Gasteiger partial charge in [0, 0.05) is 21.2 Å². The quantitative estimate of drug-likeness (QED) is 0.314. The van der Waals surface area contributed by atoms with Crippen LogP contribution in [0.4, 0.5) is 0 Å². The van der Waals surface area contributed by atoms with Crippen molar-refractivity contribution in [3.05, 3.63) is 81.8 Å². The number of benzene rings is 3. The van der Waals surface area contributed by atoms with E-state index in [1.54, 1.807) is 36.4 Å². The van der Waals surface area contributed by atoms with Gasteiger partial charge in [-0.3, -0.25) is 9.59 Å². The second kappa shape index (κ2) is 9.93. The maximum Gasteiger partial charge on any atom is 0.268 e. The van der Waals surface area contributed by atoms with Gasteiger partial charge in [0.1, 0.15) is 12.6 Å². The molecule has 0 atom stereocenters. The van der Waals surface area contributed by atoms with E-state index >= 15 is 0 Å². The first-order chi connectivity index (χ1) is 14.6. The first-order valence-corrected chi connectivity index (χ1v) is 9.72. The predicted octanol–water partition coefficient (Wildman–Crippen LogP) is 5.25. The van der Waals surface area contributed by atoms with Gasteiger partial charge in [-0.05, 0) is 48.5 Å². The molecule has 0 radical (unpaired) electrons. The monoisotopic (exact) mass is 470 g/mol. The van der Waals surface area contributed by atoms with E-state index in [9.17, 15) is 9.59 Å². The highest BCUT2D eigenvalue weighted by molar-refractivity contribution is 9.10. The standard InChI is InChI=1S/C23H19BrO6/c1-27-21-10-15(13-25)6-8-19(21)29-23(17-4-3-5-18(24)12-17)30-20-9-7-16(14-26)11-22(20)28-2/h3-14,23H,1-2H3. The molecule has 6 nitrogen and oxygen atoms in total. The van der Waals surface area contributed by atoms with E-state index in [1.165, 1.54) is 14.2 Å². The molecule has 3 rings (SSSR count). The highest BCUT2D eigenvalue weighted by Gasteiger charge is 2.20. The van der Waals surface area contributed by atoms with Crippen molar-refractivity contribution in [2.24, 2.45) is 0 Å². The molecule has 3 aromatic rings. The highest BCUT2D eigenvalue weighted by atomic mass is 79.9. The van der Waals surface area contributed by atoms with Crippen LogP contribution in [-0.4, -0.2) is 26.8 Å². The van der Waals surface area contributed by atoms with Crippen LogP contribution >= 0.6 is 15.9 Å². The van der Waals surface area contributed by atoms with Crippen molar-refractivity contribution >= 4 is 28.5 Å². The van der Waals surface area contributed by atoms with E-state index in [2.05, 4.69) is 15.9 Å². The Kier molecular flexibility index (Phi) is 7.08. The SMILES string of the molecule is COc1cc(C=O)ccc1OC(Oc1ccc(C=O)cc1OC)c1cccc(Br)c1. The van der Waals surface area contributed by atoms with Gasteiger partial charge in [-0.2, -0.15) is 0 Å². The molecule has 0 heterocycles. The Balaban J connectivity index is 2.00. The van der Waals surface area contributed by atoms with Crippen LogP contribution in [0.15, 0.2) is 65.1 Å². The summed E-state index contributed by atoms with van der Waals surface area (Å²) in [6.07, 6.45) is 0.594. The van der Waals surface area contributed by atoms with Gasteiger partial charge in [0.2, 0.25) is 0 Å². The minimum Gasteiger partial charge on any atom is -0.493 e. The van der Waals surface area contributed by atoms with Gasteiger partial charge in [-0.15, -0.1) is 0 Å². The number of carbonyl (C=O) groups is 2. The third-order valence-corrected chi connectivity index (χ3v) is 4.73. The molecule has 0 aliphatic rings. The van der Waals surface area contributed by atoms with E-state index < -0.39 is 6.29 Å². The van der Waals surface area contributed by atoms with Crippen LogP contribution in [0.1, 0.15) is 32.6 Å². The molecule has 0 saturated heterocycles. The lowest BCUT2D eigenvalue weighted by atomic mass is 10.2. The molecule has 7 heteroatoms. The number of hydrogen-bond acceptors (Lipinski definition) is 6. The van der Waals surface area contributed by atoms with Crippen molar-refractivity contribution in [2.45, 2.75) is 6.29 Å². The van der Waals surface area contributed by atoms with Crippen molar-refractivity contribution in [2.75, 3.05) is 14.2 Å². The molecule has 0 spiro atoms. The second-order valence-corrected chi connectivity index (χ2v) is 7.09. The van der Waals surface area contributed by atoms with Crippen LogP contribution in [-0.2, 0) is 0 Å². The summed E-state index contributed by atoms with van der Waals surface area (Å²) >= 11 is 3.46. The Morgan fingerprint density at radius 3 is 1.70 bits per heavy atom. The number of aldehydes is 2. The summed E-state index contributed by atoms with van der Waals surface area (Å²) < 4.78 is 23.8. The summed E-state index contributed by atoms with van der Waals surface area (Å²) in [5.41, 5.74) is 1.66. The minimum atomic E-state index is -0.866. The van der Waals surface area contributed by atoms with Gasteiger partial charge >= 0.3 is 0 Å². The zero-order chi connectivity index (χ0) is 21.5. The minimum absolute atomic E-state index is 0.395. The molecule has 0 amide bonds. The van der Waals surface area contributed by atoms with Crippen LogP contribution in [0.5, 0.6) is 23.0 Å². The number of methoxy groups -OCH3 is 2. The lowest BCUT2D eigenvalue weighted by molar-refractivity contribution is 0.000126. The normalized spacial score (nSPS) is 10.4. The lowest BCUT2D eigenvalue weighted by Gasteiger charge is -2.23. The Hall–Kier alpha value is -3.32. The molecular formula is C23H19BrO6. The summed E-state index contributed by atoms with van der Waals surface area (Å²) in [5.74, 6) is 1.59. The molecule has 0 N–H and O–H groups in total. The van der Waals surface area contributed by atoms with Crippen LogP contribution in [0.2, 0.25) is 0 Å². The van der Waals surface area contributed by atoms with Crippen molar-refractivity contribution in [1.82, 2.24) is 0 Å². The van der Waals surface area contributed by atoms with Gasteiger partial charge in [0.15, 0.2) is 23.0 Å². The number of rotatable bonds is 9. The lowest BCUT2D eigenvalue weighted by Crippen LogP contribution is -2.16. The van der Waals surface area contributed by atoms with E-state index in [0.29, 0.717) is 34.1 Å². The summed E-state index contributed by atoms with van der Waals surface area (Å²) in [7, 11) is 2.99. The molecule has 154 valence electrons. The van der Waals surface area contributed by atoms with E-state index in [-0.39, 0.29) is 0 Å².